The van der Waals surface area contributed by atoms with Gasteiger partial charge in [0.25, 0.3) is 0 Å². The number of benzene rings is 2. The highest BCUT2D eigenvalue weighted by atomic mass is 35.5. The number of halogens is 5. The average molecular weight is 589 g/mol. The Bertz CT molecular complexity index is 1220. The number of carbonyl (C=O) groups is 2. The summed E-state index contributed by atoms with van der Waals surface area (Å²) in [5.41, 5.74) is 12.5. The Hall–Kier alpha value is -3.55. The van der Waals surface area contributed by atoms with Crippen LogP contribution in [0.5, 0.6) is 0 Å². The molecule has 0 saturated heterocycles. The van der Waals surface area contributed by atoms with E-state index in [-0.39, 0.29) is 29.9 Å². The molecule has 1 aromatic heterocycles. The van der Waals surface area contributed by atoms with Gasteiger partial charge in [-0.1, -0.05) is 49.7 Å². The molecule has 1 unspecified atom stereocenters. The standard InChI is InChI=1S/C23H25ClF4N6O2.C2H6.CH2O/c1-3-17(29)21(35)34(11-13-4-6-14(24)7-5-13)18-9-15(16(25)8-12(18)2)20-32-22(36-33-20)31-10-19(30)23(26,27)28;2*1-2/h4-9,17,19H,3,10-11,29-30H2,1-2H3,(H,31,32,33);1-2H3;1H2/t17-,19?;;/m0../s1. The van der Waals surface area contributed by atoms with Gasteiger partial charge in [-0.15, -0.1) is 0 Å². The number of nitrogens with two attached hydrogens (primary N) is 2. The molecule has 3 aromatic rings. The third-order valence-corrected chi connectivity index (χ3v) is 5.67. The van der Waals surface area contributed by atoms with Crippen molar-refractivity contribution in [2.75, 3.05) is 16.8 Å². The van der Waals surface area contributed by atoms with Gasteiger partial charge in [0.05, 0.1) is 18.2 Å². The van der Waals surface area contributed by atoms with Gasteiger partial charge in [-0.25, -0.2) is 4.39 Å². The number of carbonyl (C=O) groups excluding carboxylic acids is 2. The predicted octanol–water partition coefficient (Wildman–Crippen LogP) is 5.25. The minimum absolute atomic E-state index is 0.119. The Balaban J connectivity index is 0.00000191. The van der Waals surface area contributed by atoms with Crippen LogP contribution in [0.25, 0.3) is 11.4 Å². The lowest BCUT2D eigenvalue weighted by Gasteiger charge is -2.27. The molecule has 0 aliphatic rings. The molecule has 1 amide bonds. The van der Waals surface area contributed by atoms with Crippen LogP contribution in [0.15, 0.2) is 40.9 Å². The molecule has 0 aliphatic heterocycles. The lowest BCUT2D eigenvalue weighted by Crippen LogP contribution is -2.43. The normalized spacial score (nSPS) is 12.3. The summed E-state index contributed by atoms with van der Waals surface area (Å²) in [6.07, 6.45) is -4.24. The lowest BCUT2D eigenvalue weighted by atomic mass is 10.0. The molecular weight excluding hydrogens is 556 g/mol. The highest BCUT2D eigenvalue weighted by Crippen LogP contribution is 2.32. The van der Waals surface area contributed by atoms with E-state index in [4.69, 9.17) is 32.4 Å². The molecule has 0 spiro atoms. The molecule has 2 atom stereocenters. The maximum absolute atomic E-state index is 14.9. The molecule has 0 fully saturated rings. The topological polar surface area (TPSA) is 140 Å². The van der Waals surface area contributed by atoms with E-state index in [0.717, 1.165) is 5.56 Å². The van der Waals surface area contributed by atoms with Crippen molar-refractivity contribution in [3.8, 4) is 11.4 Å². The Kier molecular flexibility index (Phi) is 13.7. The summed E-state index contributed by atoms with van der Waals surface area (Å²) < 4.78 is 57.7. The largest absolute Gasteiger partial charge is 0.405 e. The Morgan fingerprint density at radius 1 is 1.18 bits per heavy atom. The molecule has 9 nitrogen and oxygen atoms in total. The van der Waals surface area contributed by atoms with Gasteiger partial charge in [0.2, 0.25) is 11.7 Å². The van der Waals surface area contributed by atoms with Crippen molar-refractivity contribution in [3.05, 3.63) is 58.4 Å². The maximum Gasteiger partial charge on any atom is 0.405 e. The molecule has 1 heterocycles. The van der Waals surface area contributed by atoms with Gasteiger partial charge in [-0.2, -0.15) is 18.2 Å². The molecular formula is C26H33ClF4N6O3. The number of alkyl halides is 3. The van der Waals surface area contributed by atoms with Crippen molar-refractivity contribution in [1.29, 1.82) is 0 Å². The second-order valence-electron chi connectivity index (χ2n) is 8.14. The van der Waals surface area contributed by atoms with Crippen LogP contribution in [0.2, 0.25) is 5.02 Å². The van der Waals surface area contributed by atoms with Crippen LogP contribution >= 0.6 is 11.6 Å². The molecule has 220 valence electrons. The number of nitrogens with one attached hydrogen (secondary N) is 1. The lowest BCUT2D eigenvalue weighted by molar-refractivity contribution is -0.144. The van der Waals surface area contributed by atoms with E-state index in [2.05, 4.69) is 15.5 Å². The van der Waals surface area contributed by atoms with Gasteiger partial charge < -0.3 is 31.0 Å². The Labute approximate surface area is 234 Å². The van der Waals surface area contributed by atoms with Crippen molar-refractivity contribution in [3.63, 3.8) is 0 Å². The number of anilines is 2. The highest BCUT2D eigenvalue weighted by Gasteiger charge is 2.36. The van der Waals surface area contributed by atoms with E-state index in [9.17, 15) is 22.4 Å². The summed E-state index contributed by atoms with van der Waals surface area (Å²) in [6.45, 7) is 8.81. The van der Waals surface area contributed by atoms with Crippen LogP contribution < -0.4 is 21.7 Å². The SMILES string of the molecule is C=O.CC.CC[C@H](N)C(=O)N(Cc1ccc(Cl)cc1)c1cc(-c2noc(NCC(N)C(F)(F)F)n2)c(F)cc1C. The summed E-state index contributed by atoms with van der Waals surface area (Å²) in [5.74, 6) is -1.32. The van der Waals surface area contributed by atoms with Crippen LogP contribution in [0.4, 0.5) is 29.3 Å². The van der Waals surface area contributed by atoms with Gasteiger partial charge in [-0.3, -0.25) is 4.79 Å². The van der Waals surface area contributed by atoms with E-state index in [1.54, 1.807) is 38.1 Å². The van der Waals surface area contributed by atoms with Gasteiger partial charge in [-0.05, 0) is 48.7 Å². The summed E-state index contributed by atoms with van der Waals surface area (Å²) in [6, 6.07) is 6.11. The number of aromatic nitrogens is 2. The average Bonchev–Trinajstić information content (AvgIpc) is 3.41. The molecule has 3 rings (SSSR count). The summed E-state index contributed by atoms with van der Waals surface area (Å²) in [4.78, 5) is 26.5. The number of hydrogen-bond acceptors (Lipinski definition) is 8. The van der Waals surface area contributed by atoms with Gasteiger partial charge >= 0.3 is 12.2 Å². The van der Waals surface area contributed by atoms with Crippen molar-refractivity contribution in [1.82, 2.24) is 10.1 Å². The minimum atomic E-state index is -4.62. The van der Waals surface area contributed by atoms with E-state index < -0.39 is 30.6 Å². The first-order valence-electron chi connectivity index (χ1n) is 12.2. The zero-order chi connectivity index (χ0) is 30.6. The van der Waals surface area contributed by atoms with Crippen LogP contribution in [-0.4, -0.2) is 47.6 Å². The Morgan fingerprint density at radius 2 is 1.77 bits per heavy atom. The zero-order valence-electron chi connectivity index (χ0n) is 22.6. The second-order valence-corrected chi connectivity index (χ2v) is 8.57. The third-order valence-electron chi connectivity index (χ3n) is 5.41. The second kappa shape index (κ2) is 15.9. The van der Waals surface area contributed by atoms with E-state index in [0.29, 0.717) is 22.7 Å². The number of nitrogens with zero attached hydrogens (tertiary/aromatic N) is 3. The molecule has 14 heteroatoms. The van der Waals surface area contributed by atoms with Crippen molar-refractivity contribution < 1.29 is 31.7 Å². The fourth-order valence-corrected chi connectivity index (χ4v) is 3.40. The minimum Gasteiger partial charge on any atom is -0.336 e. The van der Waals surface area contributed by atoms with E-state index >= 15 is 0 Å². The number of hydrogen-bond donors (Lipinski definition) is 3. The third kappa shape index (κ3) is 9.28. The fourth-order valence-electron chi connectivity index (χ4n) is 3.27. The molecule has 2 aromatic carbocycles. The van der Waals surface area contributed by atoms with Gasteiger partial charge in [0, 0.05) is 17.3 Å². The first-order valence-corrected chi connectivity index (χ1v) is 12.6. The molecule has 5 N–H and O–H groups in total. The van der Waals surface area contributed by atoms with E-state index in [1.165, 1.54) is 17.0 Å². The predicted molar refractivity (Wildman–Crippen MR) is 146 cm³/mol. The maximum atomic E-state index is 14.9. The highest BCUT2D eigenvalue weighted by molar-refractivity contribution is 6.30. The van der Waals surface area contributed by atoms with Crippen LogP contribution in [0.1, 0.15) is 38.3 Å². The first-order chi connectivity index (χ1) is 18.9. The van der Waals surface area contributed by atoms with Crippen molar-refractivity contribution in [2.45, 2.75) is 58.9 Å². The molecule has 0 radical (unpaired) electrons. The quantitative estimate of drug-likeness (QED) is 0.288. The van der Waals surface area contributed by atoms with Crippen LogP contribution in [-0.2, 0) is 16.1 Å². The smallest absolute Gasteiger partial charge is 0.336 e. The first kappa shape index (κ1) is 34.5. The number of amides is 1. The van der Waals surface area contributed by atoms with Gasteiger partial charge in [0.1, 0.15) is 18.6 Å². The summed E-state index contributed by atoms with van der Waals surface area (Å²) in [5, 5.41) is 6.47. The van der Waals surface area contributed by atoms with Crippen molar-refractivity contribution in [2.24, 2.45) is 11.5 Å². The molecule has 0 bridgehead atoms. The monoisotopic (exact) mass is 588 g/mol. The molecule has 0 aliphatic carbocycles. The Morgan fingerprint density at radius 3 is 2.33 bits per heavy atom. The van der Waals surface area contributed by atoms with Crippen LogP contribution in [0.3, 0.4) is 0 Å². The molecule has 40 heavy (non-hydrogen) atoms. The van der Waals surface area contributed by atoms with E-state index in [1.807, 2.05) is 20.6 Å². The number of aryl methyl sites for hydroxylation is 1. The summed E-state index contributed by atoms with van der Waals surface area (Å²) in [7, 11) is 0. The summed E-state index contributed by atoms with van der Waals surface area (Å²) >= 11 is 5.96. The molecule has 0 saturated carbocycles. The number of rotatable bonds is 9. The van der Waals surface area contributed by atoms with Crippen molar-refractivity contribution >= 4 is 36.0 Å². The fraction of sp³-hybridized carbons (Fsp3) is 0.385. The van der Waals surface area contributed by atoms with Gasteiger partial charge in [0.15, 0.2) is 0 Å². The zero-order valence-corrected chi connectivity index (χ0v) is 23.3. The van der Waals surface area contributed by atoms with Crippen LogP contribution in [0, 0.1) is 12.7 Å².